The molecule has 8 heteroatoms. The Balaban J connectivity index is 1.44. The highest BCUT2D eigenvalue weighted by atomic mass is 16.5. The number of ether oxygens (including phenoxy) is 1. The summed E-state index contributed by atoms with van der Waals surface area (Å²) in [6, 6.07) is 29.6. The van der Waals surface area contributed by atoms with Gasteiger partial charge < -0.3 is 24.7 Å². The fourth-order valence-corrected chi connectivity index (χ4v) is 5.85. The van der Waals surface area contributed by atoms with Crippen molar-refractivity contribution in [2.75, 3.05) is 26.3 Å². The monoisotopic (exact) mass is 606 g/mol. The second-order valence-electron chi connectivity index (χ2n) is 11.1. The Bertz CT molecular complexity index is 1650. The van der Waals surface area contributed by atoms with Crippen LogP contribution in [0.15, 0.2) is 97.1 Å². The number of carboxylic acids is 1. The summed E-state index contributed by atoms with van der Waals surface area (Å²) in [5.74, 6) is -0.749. The molecule has 1 atom stereocenters. The molecule has 0 aliphatic carbocycles. The molecule has 1 aliphatic rings. The Hall–Kier alpha value is -4.95. The molecule has 0 spiro atoms. The van der Waals surface area contributed by atoms with Crippen LogP contribution in [0, 0.1) is 0 Å². The first kappa shape index (κ1) is 31.5. The van der Waals surface area contributed by atoms with Crippen LogP contribution in [0.4, 0.5) is 0 Å². The minimum Gasteiger partial charge on any atom is -0.494 e. The Morgan fingerprint density at radius 1 is 0.822 bits per heavy atom. The van der Waals surface area contributed by atoms with Crippen LogP contribution in [-0.4, -0.2) is 70.1 Å². The lowest BCUT2D eigenvalue weighted by atomic mass is 9.91. The van der Waals surface area contributed by atoms with Crippen LogP contribution < -0.4 is 4.74 Å². The van der Waals surface area contributed by atoms with E-state index in [2.05, 4.69) is 0 Å². The van der Waals surface area contributed by atoms with E-state index in [0.717, 1.165) is 22.4 Å². The number of carbonyl (C=O) groups is 3. The highest BCUT2D eigenvalue weighted by Gasteiger charge is 2.31. The summed E-state index contributed by atoms with van der Waals surface area (Å²) in [6.07, 6.45) is 0.905. The number of carboxylic acid groups (broad SMARTS) is 1. The van der Waals surface area contributed by atoms with Crippen LogP contribution in [0.2, 0.25) is 0 Å². The number of aliphatic hydroxyl groups is 1. The normalized spacial score (nSPS) is 14.0. The van der Waals surface area contributed by atoms with Gasteiger partial charge in [0.1, 0.15) is 5.75 Å². The smallest absolute Gasteiger partial charge is 0.305 e. The molecular formula is C37H38N2O6. The first-order valence-electron chi connectivity index (χ1n) is 15.3. The Morgan fingerprint density at radius 2 is 1.44 bits per heavy atom. The number of amides is 2. The molecule has 0 unspecified atom stereocenters. The number of hydrogen-bond acceptors (Lipinski definition) is 5. The minimum atomic E-state index is -0.986. The van der Waals surface area contributed by atoms with Crippen molar-refractivity contribution in [3.8, 4) is 16.9 Å². The number of benzene rings is 4. The number of aliphatic carboxylic acids is 1. The number of rotatable bonds is 12. The molecule has 0 radical (unpaired) electrons. The number of carbonyl (C=O) groups excluding carboxylic acids is 2. The van der Waals surface area contributed by atoms with E-state index in [0.29, 0.717) is 54.8 Å². The van der Waals surface area contributed by atoms with Crippen molar-refractivity contribution in [2.45, 2.75) is 38.8 Å². The summed E-state index contributed by atoms with van der Waals surface area (Å²) in [5.41, 5.74) is 5.18. The predicted molar refractivity (Wildman–Crippen MR) is 172 cm³/mol. The van der Waals surface area contributed by atoms with Gasteiger partial charge in [-0.2, -0.15) is 0 Å². The molecule has 45 heavy (non-hydrogen) atoms. The SMILES string of the molecule is CCOc1ccc(CCN(CCC(=O)O)C(=O)c2ccccc2-c2ccccc2C(=O)N2Cc3ccccc3C[C@H]2CO)cc1. The van der Waals surface area contributed by atoms with Crippen molar-refractivity contribution in [1.29, 1.82) is 0 Å². The average Bonchev–Trinajstić information content (AvgIpc) is 3.07. The molecule has 2 N–H and O–H groups in total. The van der Waals surface area contributed by atoms with Gasteiger partial charge in [0.05, 0.1) is 25.7 Å². The first-order valence-corrected chi connectivity index (χ1v) is 15.3. The predicted octanol–water partition coefficient (Wildman–Crippen LogP) is 5.47. The van der Waals surface area contributed by atoms with Gasteiger partial charge in [0.15, 0.2) is 0 Å². The second kappa shape index (κ2) is 14.7. The third-order valence-corrected chi connectivity index (χ3v) is 8.22. The van der Waals surface area contributed by atoms with Crippen LogP contribution in [0.1, 0.15) is 50.8 Å². The van der Waals surface area contributed by atoms with Crippen molar-refractivity contribution in [1.82, 2.24) is 9.80 Å². The molecule has 0 bridgehead atoms. The van der Waals surface area contributed by atoms with E-state index in [1.165, 1.54) is 0 Å². The van der Waals surface area contributed by atoms with E-state index in [4.69, 9.17) is 4.74 Å². The Labute approximate surface area is 263 Å². The molecule has 232 valence electrons. The number of hydrogen-bond donors (Lipinski definition) is 2. The van der Waals surface area contributed by atoms with Crippen molar-refractivity contribution in [2.24, 2.45) is 0 Å². The van der Waals surface area contributed by atoms with Gasteiger partial charge in [0.2, 0.25) is 0 Å². The molecule has 5 rings (SSSR count). The summed E-state index contributed by atoms with van der Waals surface area (Å²) in [6.45, 7) is 3.07. The summed E-state index contributed by atoms with van der Waals surface area (Å²) in [5, 5.41) is 19.6. The summed E-state index contributed by atoms with van der Waals surface area (Å²) >= 11 is 0. The number of fused-ring (bicyclic) bond motifs is 1. The highest BCUT2D eigenvalue weighted by molar-refractivity contribution is 6.06. The average molecular weight is 607 g/mol. The van der Waals surface area contributed by atoms with Gasteiger partial charge in [0.25, 0.3) is 11.8 Å². The second-order valence-corrected chi connectivity index (χ2v) is 11.1. The molecule has 1 aliphatic heterocycles. The maximum absolute atomic E-state index is 14.1. The van der Waals surface area contributed by atoms with Gasteiger partial charge in [-0.3, -0.25) is 14.4 Å². The molecule has 8 nitrogen and oxygen atoms in total. The van der Waals surface area contributed by atoms with Crippen LogP contribution in [0.5, 0.6) is 5.75 Å². The van der Waals surface area contributed by atoms with Gasteiger partial charge in [-0.25, -0.2) is 0 Å². The van der Waals surface area contributed by atoms with Gasteiger partial charge in [-0.15, -0.1) is 0 Å². The molecule has 0 aromatic heterocycles. The fourth-order valence-electron chi connectivity index (χ4n) is 5.85. The Kier molecular flexibility index (Phi) is 10.3. The van der Waals surface area contributed by atoms with E-state index in [-0.39, 0.29) is 37.4 Å². The lowest BCUT2D eigenvalue weighted by Crippen LogP contribution is -2.46. The quantitative estimate of drug-likeness (QED) is 0.222. The van der Waals surface area contributed by atoms with E-state index < -0.39 is 5.97 Å². The van der Waals surface area contributed by atoms with Crippen molar-refractivity contribution in [3.05, 3.63) is 125 Å². The maximum atomic E-state index is 14.1. The fraction of sp³-hybridized carbons (Fsp3) is 0.270. The first-order chi connectivity index (χ1) is 21.9. The van der Waals surface area contributed by atoms with Gasteiger partial charge in [-0.1, -0.05) is 72.8 Å². The third kappa shape index (κ3) is 7.41. The van der Waals surface area contributed by atoms with Crippen molar-refractivity contribution in [3.63, 3.8) is 0 Å². The lowest BCUT2D eigenvalue weighted by molar-refractivity contribution is -0.137. The summed E-state index contributed by atoms with van der Waals surface area (Å²) in [4.78, 5) is 43.0. The van der Waals surface area contributed by atoms with Gasteiger partial charge in [-0.05, 0) is 71.8 Å². The van der Waals surface area contributed by atoms with Gasteiger partial charge in [0, 0.05) is 30.8 Å². The molecule has 0 fully saturated rings. The molecule has 1 heterocycles. The number of nitrogens with zero attached hydrogens (tertiary/aromatic N) is 2. The maximum Gasteiger partial charge on any atom is 0.305 e. The van der Waals surface area contributed by atoms with E-state index in [1.54, 1.807) is 34.1 Å². The number of aliphatic hydroxyl groups excluding tert-OH is 1. The minimum absolute atomic E-state index is 0.0471. The van der Waals surface area contributed by atoms with Crippen LogP contribution in [0.3, 0.4) is 0 Å². The summed E-state index contributed by atoms with van der Waals surface area (Å²) in [7, 11) is 0. The van der Waals surface area contributed by atoms with Crippen molar-refractivity contribution < 1.29 is 29.3 Å². The van der Waals surface area contributed by atoms with E-state index >= 15 is 0 Å². The van der Waals surface area contributed by atoms with Gasteiger partial charge >= 0.3 is 5.97 Å². The van der Waals surface area contributed by atoms with E-state index in [9.17, 15) is 24.6 Å². The zero-order valence-corrected chi connectivity index (χ0v) is 25.4. The standard InChI is InChI=1S/C37H38N2O6/c1-2-45-30-17-15-26(16-18-30)19-21-38(22-20-35(41)42)36(43)33-13-7-5-11-31(33)32-12-6-8-14-34(32)37(44)39-24-28-10-4-3-9-27(28)23-29(39)25-40/h3-18,29,40H,2,19-25H2,1H3,(H,41,42)/t29-/m0/s1. The highest BCUT2D eigenvalue weighted by Crippen LogP contribution is 2.32. The zero-order chi connectivity index (χ0) is 31.8. The molecular weight excluding hydrogens is 568 g/mol. The molecule has 4 aromatic carbocycles. The van der Waals surface area contributed by atoms with Crippen LogP contribution in [0.25, 0.3) is 11.1 Å². The van der Waals surface area contributed by atoms with Crippen LogP contribution >= 0.6 is 0 Å². The molecule has 0 saturated carbocycles. The Morgan fingerprint density at radius 3 is 2.11 bits per heavy atom. The third-order valence-electron chi connectivity index (χ3n) is 8.22. The molecule has 0 saturated heterocycles. The summed E-state index contributed by atoms with van der Waals surface area (Å²) < 4.78 is 5.53. The molecule has 4 aromatic rings. The lowest BCUT2D eigenvalue weighted by Gasteiger charge is -2.36. The van der Waals surface area contributed by atoms with E-state index in [1.807, 2.05) is 79.7 Å². The van der Waals surface area contributed by atoms with Crippen LogP contribution in [-0.2, 0) is 24.2 Å². The molecule has 2 amide bonds. The zero-order valence-electron chi connectivity index (χ0n) is 25.4. The topological polar surface area (TPSA) is 107 Å². The largest absolute Gasteiger partial charge is 0.494 e. The van der Waals surface area contributed by atoms with Crippen molar-refractivity contribution >= 4 is 17.8 Å².